The van der Waals surface area contributed by atoms with Crippen molar-refractivity contribution in [3.05, 3.63) is 21.9 Å². The molecule has 1 aromatic heterocycles. The molecular formula is C15H20N2O2S. The smallest absolute Gasteiger partial charge is 0.263 e. The molecular weight excluding hydrogens is 272 g/mol. The Kier molecular flexibility index (Phi) is 5.18. The lowest BCUT2D eigenvalue weighted by Gasteiger charge is -2.33. The molecule has 0 spiro atoms. The van der Waals surface area contributed by atoms with Crippen LogP contribution in [-0.2, 0) is 0 Å². The Balaban J connectivity index is 1.97. The van der Waals surface area contributed by atoms with Crippen molar-refractivity contribution >= 4 is 17.2 Å². The van der Waals surface area contributed by atoms with Gasteiger partial charge in [0.1, 0.15) is 0 Å². The molecule has 0 aliphatic carbocycles. The maximum absolute atomic E-state index is 12.4. The summed E-state index contributed by atoms with van der Waals surface area (Å²) in [6.07, 6.45) is 1.45. The van der Waals surface area contributed by atoms with Crippen molar-refractivity contribution in [2.75, 3.05) is 19.6 Å². The monoisotopic (exact) mass is 292 g/mol. The summed E-state index contributed by atoms with van der Waals surface area (Å²) in [4.78, 5) is 15.8. The van der Waals surface area contributed by atoms with Gasteiger partial charge >= 0.3 is 0 Å². The second-order valence-corrected chi connectivity index (χ2v) is 6.12. The Morgan fingerprint density at radius 1 is 1.55 bits per heavy atom. The van der Waals surface area contributed by atoms with Crippen LogP contribution >= 0.6 is 11.3 Å². The van der Waals surface area contributed by atoms with Gasteiger partial charge in [0.05, 0.1) is 22.4 Å². The molecule has 0 bridgehead atoms. The van der Waals surface area contributed by atoms with E-state index in [0.29, 0.717) is 12.5 Å². The van der Waals surface area contributed by atoms with Crippen molar-refractivity contribution in [1.29, 1.82) is 0 Å². The Morgan fingerprint density at radius 3 is 2.85 bits per heavy atom. The average molecular weight is 292 g/mol. The maximum Gasteiger partial charge on any atom is 0.263 e. The minimum atomic E-state index is -0.285. The molecule has 1 aliphatic rings. The summed E-state index contributed by atoms with van der Waals surface area (Å²) in [7, 11) is 0. The number of thiophene rings is 1. The summed E-state index contributed by atoms with van der Waals surface area (Å²) in [6, 6.07) is 3.69. The highest BCUT2D eigenvalue weighted by Crippen LogP contribution is 2.24. The summed E-state index contributed by atoms with van der Waals surface area (Å²) >= 11 is 1.41. The third-order valence-corrected chi connectivity index (χ3v) is 4.63. The first-order chi connectivity index (χ1) is 9.61. The highest BCUT2D eigenvalue weighted by atomic mass is 32.1. The lowest BCUT2D eigenvalue weighted by atomic mass is 9.92. The molecule has 4 nitrogen and oxygen atoms in total. The number of aliphatic hydroxyl groups excluding tert-OH is 1. The standard InChI is InChI=1S/C15H20N2O2S/c1-11(18)12-6-9-17(10-7-12)15(19)14-5-4-13(20-14)3-2-8-16/h4-5,11-12,18H,6-10,16H2,1H3. The van der Waals surface area contributed by atoms with E-state index in [4.69, 9.17) is 5.73 Å². The molecule has 1 aliphatic heterocycles. The van der Waals surface area contributed by atoms with E-state index < -0.39 is 0 Å². The van der Waals surface area contributed by atoms with E-state index >= 15 is 0 Å². The molecule has 1 amide bonds. The summed E-state index contributed by atoms with van der Waals surface area (Å²) in [5, 5.41) is 9.58. The SMILES string of the molecule is CC(O)C1CCN(C(=O)c2ccc(C#CCN)s2)CC1. The third kappa shape index (κ3) is 3.60. The zero-order chi connectivity index (χ0) is 14.5. The van der Waals surface area contributed by atoms with Crippen molar-refractivity contribution in [3.8, 4) is 11.8 Å². The molecule has 3 N–H and O–H groups in total. The van der Waals surface area contributed by atoms with Gasteiger partial charge in [-0.2, -0.15) is 0 Å². The molecule has 2 rings (SSSR count). The van der Waals surface area contributed by atoms with Gasteiger partial charge in [-0.05, 0) is 37.8 Å². The van der Waals surface area contributed by atoms with Gasteiger partial charge < -0.3 is 15.7 Å². The molecule has 1 fully saturated rings. The number of aliphatic hydroxyl groups is 1. The zero-order valence-electron chi connectivity index (χ0n) is 11.6. The second kappa shape index (κ2) is 6.89. The number of nitrogens with zero attached hydrogens (tertiary/aromatic N) is 1. The van der Waals surface area contributed by atoms with E-state index in [0.717, 1.165) is 35.7 Å². The fraction of sp³-hybridized carbons (Fsp3) is 0.533. The summed E-state index contributed by atoms with van der Waals surface area (Å²) in [6.45, 7) is 3.59. The number of likely N-dealkylation sites (tertiary alicyclic amines) is 1. The van der Waals surface area contributed by atoms with E-state index in [2.05, 4.69) is 11.8 Å². The average Bonchev–Trinajstić information content (AvgIpc) is 2.93. The predicted octanol–water partition coefficient (Wildman–Crippen LogP) is 1.29. The van der Waals surface area contributed by atoms with Crippen LogP contribution in [0.3, 0.4) is 0 Å². The third-order valence-electron chi connectivity index (χ3n) is 3.64. The zero-order valence-corrected chi connectivity index (χ0v) is 12.4. The maximum atomic E-state index is 12.4. The van der Waals surface area contributed by atoms with Crippen molar-refractivity contribution in [3.63, 3.8) is 0 Å². The normalized spacial score (nSPS) is 17.4. The van der Waals surface area contributed by atoms with Gasteiger partial charge in [-0.25, -0.2) is 0 Å². The van der Waals surface area contributed by atoms with Crippen LogP contribution in [0, 0.1) is 17.8 Å². The minimum Gasteiger partial charge on any atom is -0.393 e. The van der Waals surface area contributed by atoms with Crippen molar-refractivity contribution < 1.29 is 9.90 Å². The van der Waals surface area contributed by atoms with Crippen LogP contribution in [0.5, 0.6) is 0 Å². The number of carbonyl (C=O) groups is 1. The Hall–Kier alpha value is -1.35. The molecule has 0 saturated carbocycles. The van der Waals surface area contributed by atoms with Crippen molar-refractivity contribution in [1.82, 2.24) is 4.90 Å². The number of rotatable bonds is 2. The molecule has 1 aromatic rings. The molecule has 1 unspecified atom stereocenters. The van der Waals surface area contributed by atoms with Gasteiger partial charge in [0.15, 0.2) is 0 Å². The predicted molar refractivity (Wildman–Crippen MR) is 80.6 cm³/mol. The first kappa shape index (κ1) is 15.0. The molecule has 2 heterocycles. The molecule has 1 atom stereocenters. The van der Waals surface area contributed by atoms with Crippen LogP contribution in [0.15, 0.2) is 12.1 Å². The number of carbonyl (C=O) groups excluding carboxylic acids is 1. The first-order valence-electron chi connectivity index (χ1n) is 6.88. The van der Waals surface area contributed by atoms with Crippen molar-refractivity contribution in [2.24, 2.45) is 11.7 Å². The van der Waals surface area contributed by atoms with Gasteiger partial charge in [0.25, 0.3) is 5.91 Å². The summed E-state index contributed by atoms with van der Waals surface area (Å²) in [5.41, 5.74) is 5.33. The summed E-state index contributed by atoms with van der Waals surface area (Å²) in [5.74, 6) is 6.12. The van der Waals surface area contributed by atoms with Gasteiger partial charge in [-0.1, -0.05) is 11.8 Å². The first-order valence-corrected chi connectivity index (χ1v) is 7.69. The van der Waals surface area contributed by atoms with Crippen molar-refractivity contribution in [2.45, 2.75) is 25.9 Å². The van der Waals surface area contributed by atoms with Gasteiger partial charge in [0, 0.05) is 13.1 Å². The molecule has 5 heteroatoms. The molecule has 108 valence electrons. The highest BCUT2D eigenvalue weighted by molar-refractivity contribution is 7.14. The van der Waals surface area contributed by atoms with Crippen LogP contribution < -0.4 is 5.73 Å². The van der Waals surface area contributed by atoms with E-state index in [1.54, 1.807) is 0 Å². The van der Waals surface area contributed by atoms with E-state index in [1.807, 2.05) is 24.0 Å². The Labute approximate surface area is 123 Å². The van der Waals surface area contributed by atoms with E-state index in [9.17, 15) is 9.90 Å². The van der Waals surface area contributed by atoms with Gasteiger partial charge in [-0.15, -0.1) is 11.3 Å². The van der Waals surface area contributed by atoms with Crippen LogP contribution in [0.1, 0.15) is 34.3 Å². The quantitative estimate of drug-likeness (QED) is 0.807. The largest absolute Gasteiger partial charge is 0.393 e. The lowest BCUT2D eigenvalue weighted by Crippen LogP contribution is -2.40. The summed E-state index contributed by atoms with van der Waals surface area (Å²) < 4.78 is 0. The molecule has 0 radical (unpaired) electrons. The van der Waals surface area contributed by atoms with Crippen LogP contribution in [-0.4, -0.2) is 41.7 Å². The second-order valence-electron chi connectivity index (χ2n) is 5.04. The van der Waals surface area contributed by atoms with Crippen LogP contribution in [0.2, 0.25) is 0 Å². The Bertz CT molecular complexity index is 519. The lowest BCUT2D eigenvalue weighted by molar-refractivity contribution is 0.0525. The topological polar surface area (TPSA) is 66.6 Å². The van der Waals surface area contributed by atoms with Crippen LogP contribution in [0.4, 0.5) is 0 Å². The number of piperidine rings is 1. The molecule has 20 heavy (non-hydrogen) atoms. The van der Waals surface area contributed by atoms with Crippen LogP contribution in [0.25, 0.3) is 0 Å². The van der Waals surface area contributed by atoms with Gasteiger partial charge in [0.2, 0.25) is 0 Å². The number of nitrogens with two attached hydrogens (primary N) is 1. The Morgan fingerprint density at radius 2 is 2.25 bits per heavy atom. The number of amides is 1. The number of hydrogen-bond acceptors (Lipinski definition) is 4. The molecule has 1 saturated heterocycles. The molecule has 0 aromatic carbocycles. The highest BCUT2D eigenvalue weighted by Gasteiger charge is 2.26. The van der Waals surface area contributed by atoms with E-state index in [1.165, 1.54) is 11.3 Å². The number of hydrogen-bond donors (Lipinski definition) is 2. The fourth-order valence-corrected chi connectivity index (χ4v) is 3.25. The van der Waals surface area contributed by atoms with E-state index in [-0.39, 0.29) is 12.0 Å². The fourth-order valence-electron chi connectivity index (χ4n) is 2.40. The van der Waals surface area contributed by atoms with Gasteiger partial charge in [-0.3, -0.25) is 4.79 Å². The minimum absolute atomic E-state index is 0.0693.